The number of nitrogens with one attached hydrogen (secondary N) is 2. The van der Waals surface area contributed by atoms with E-state index in [-0.39, 0.29) is 11.1 Å². The first kappa shape index (κ1) is 18.6. The molecular weight excluding hydrogens is 344 g/mol. The maximum Gasteiger partial charge on any atom is 0.330 e. The van der Waals surface area contributed by atoms with E-state index in [2.05, 4.69) is 10.6 Å². The van der Waals surface area contributed by atoms with Gasteiger partial charge in [-0.25, -0.2) is 4.79 Å². The molecule has 0 saturated carbocycles. The lowest BCUT2D eigenvalue weighted by atomic mass is 10.2. The zero-order valence-electron chi connectivity index (χ0n) is 14.0. The SMILES string of the molecule is Cn1cc(C(=O)Nc2ccc(C(=O)NCC(=O)O)cc2)c(=O)n(C)c1=O. The number of aromatic nitrogens is 2. The average Bonchev–Trinajstić information content (AvgIpc) is 2.61. The first-order valence-corrected chi connectivity index (χ1v) is 7.38. The molecule has 0 bridgehead atoms. The Kier molecular flexibility index (Phi) is 5.36. The molecule has 0 aliphatic heterocycles. The fraction of sp³-hybridized carbons (Fsp3) is 0.188. The minimum absolute atomic E-state index is 0.210. The molecule has 0 radical (unpaired) electrons. The van der Waals surface area contributed by atoms with E-state index in [1.54, 1.807) is 0 Å². The minimum atomic E-state index is -1.17. The molecular formula is C16H16N4O6. The number of anilines is 1. The van der Waals surface area contributed by atoms with Crippen LogP contribution in [-0.4, -0.2) is 38.6 Å². The van der Waals surface area contributed by atoms with E-state index >= 15 is 0 Å². The molecule has 0 saturated heterocycles. The van der Waals surface area contributed by atoms with Crippen LogP contribution in [0.4, 0.5) is 5.69 Å². The fourth-order valence-corrected chi connectivity index (χ4v) is 2.13. The number of nitrogens with zero attached hydrogens (tertiary/aromatic N) is 2. The standard InChI is InChI=1S/C16H16N4O6/c1-19-8-11(15(25)20(2)16(19)26)14(24)18-10-5-3-9(4-6-10)13(23)17-7-12(21)22/h3-6,8H,7H2,1-2H3,(H,17,23)(H,18,24)(H,21,22). The van der Waals surface area contributed by atoms with E-state index in [1.165, 1.54) is 38.4 Å². The summed E-state index contributed by atoms with van der Waals surface area (Å²) >= 11 is 0. The molecule has 0 atom stereocenters. The number of carboxylic acids is 1. The second kappa shape index (κ2) is 7.47. The Hall–Kier alpha value is -3.69. The fourth-order valence-electron chi connectivity index (χ4n) is 2.13. The third-order valence-corrected chi connectivity index (χ3v) is 3.50. The second-order valence-corrected chi connectivity index (χ2v) is 5.41. The summed E-state index contributed by atoms with van der Waals surface area (Å²) in [5, 5.41) is 13.2. The zero-order chi connectivity index (χ0) is 19.4. The predicted octanol–water partition coefficient (Wildman–Crippen LogP) is -0.849. The van der Waals surface area contributed by atoms with Gasteiger partial charge >= 0.3 is 11.7 Å². The third-order valence-electron chi connectivity index (χ3n) is 3.50. The van der Waals surface area contributed by atoms with Gasteiger partial charge in [-0.1, -0.05) is 0 Å². The summed E-state index contributed by atoms with van der Waals surface area (Å²) in [6.07, 6.45) is 1.15. The van der Waals surface area contributed by atoms with Gasteiger partial charge in [0.1, 0.15) is 12.1 Å². The largest absolute Gasteiger partial charge is 0.480 e. The van der Waals surface area contributed by atoms with E-state index in [4.69, 9.17) is 5.11 Å². The number of amides is 2. The van der Waals surface area contributed by atoms with Crippen LogP contribution < -0.4 is 21.9 Å². The predicted molar refractivity (Wildman–Crippen MR) is 91.3 cm³/mol. The summed E-state index contributed by atoms with van der Waals surface area (Å²) < 4.78 is 1.94. The number of carbonyl (C=O) groups excluding carboxylic acids is 2. The monoisotopic (exact) mass is 360 g/mol. The molecule has 0 spiro atoms. The Bertz CT molecular complexity index is 987. The molecule has 2 amide bonds. The molecule has 3 N–H and O–H groups in total. The van der Waals surface area contributed by atoms with Gasteiger partial charge in [-0.05, 0) is 24.3 Å². The van der Waals surface area contributed by atoms with Gasteiger partial charge in [0, 0.05) is 31.5 Å². The van der Waals surface area contributed by atoms with Crippen molar-refractivity contribution in [1.29, 1.82) is 0 Å². The van der Waals surface area contributed by atoms with Crippen molar-refractivity contribution in [1.82, 2.24) is 14.5 Å². The molecule has 0 fully saturated rings. The highest BCUT2D eigenvalue weighted by molar-refractivity contribution is 6.04. The van der Waals surface area contributed by atoms with E-state index in [0.29, 0.717) is 5.69 Å². The highest BCUT2D eigenvalue weighted by atomic mass is 16.4. The van der Waals surface area contributed by atoms with Crippen molar-refractivity contribution in [3.05, 3.63) is 62.4 Å². The molecule has 26 heavy (non-hydrogen) atoms. The first-order chi connectivity index (χ1) is 12.2. The number of aliphatic carboxylic acids is 1. The van der Waals surface area contributed by atoms with Gasteiger partial charge in [-0.2, -0.15) is 0 Å². The Morgan fingerprint density at radius 1 is 1.04 bits per heavy atom. The lowest BCUT2D eigenvalue weighted by Gasteiger charge is -2.08. The number of benzene rings is 1. The molecule has 0 unspecified atom stereocenters. The van der Waals surface area contributed by atoms with E-state index < -0.39 is 35.6 Å². The van der Waals surface area contributed by atoms with Crippen molar-refractivity contribution in [2.45, 2.75) is 0 Å². The summed E-state index contributed by atoms with van der Waals surface area (Å²) in [6, 6.07) is 5.65. The molecule has 10 nitrogen and oxygen atoms in total. The van der Waals surface area contributed by atoms with Crippen LogP contribution in [0.3, 0.4) is 0 Å². The minimum Gasteiger partial charge on any atom is -0.480 e. The number of hydrogen-bond donors (Lipinski definition) is 3. The number of hydrogen-bond acceptors (Lipinski definition) is 5. The number of rotatable bonds is 5. The highest BCUT2D eigenvalue weighted by Gasteiger charge is 2.15. The number of carboxylic acid groups (broad SMARTS) is 1. The quantitative estimate of drug-likeness (QED) is 0.635. The van der Waals surface area contributed by atoms with Gasteiger partial charge in [0.25, 0.3) is 17.4 Å². The molecule has 1 aromatic carbocycles. The highest BCUT2D eigenvalue weighted by Crippen LogP contribution is 2.10. The third kappa shape index (κ3) is 4.04. The van der Waals surface area contributed by atoms with Gasteiger partial charge < -0.3 is 20.3 Å². The lowest BCUT2D eigenvalue weighted by Crippen LogP contribution is -2.40. The smallest absolute Gasteiger partial charge is 0.330 e. The maximum absolute atomic E-state index is 12.3. The average molecular weight is 360 g/mol. The van der Waals surface area contributed by atoms with Crippen molar-refractivity contribution in [2.24, 2.45) is 14.1 Å². The number of carbonyl (C=O) groups is 3. The van der Waals surface area contributed by atoms with E-state index in [0.717, 1.165) is 15.3 Å². The zero-order valence-corrected chi connectivity index (χ0v) is 14.0. The van der Waals surface area contributed by atoms with Crippen molar-refractivity contribution < 1.29 is 19.5 Å². The number of aryl methyl sites for hydroxylation is 1. The van der Waals surface area contributed by atoms with Crippen LogP contribution in [0.25, 0.3) is 0 Å². The van der Waals surface area contributed by atoms with Crippen LogP contribution in [0.2, 0.25) is 0 Å². The van der Waals surface area contributed by atoms with Gasteiger partial charge in [0.05, 0.1) is 0 Å². The molecule has 0 aliphatic rings. The summed E-state index contributed by atoms with van der Waals surface area (Å²) in [7, 11) is 2.69. The molecule has 10 heteroatoms. The Labute approximate surface area is 146 Å². The van der Waals surface area contributed by atoms with Crippen LogP contribution >= 0.6 is 0 Å². The van der Waals surface area contributed by atoms with Crippen LogP contribution in [0.1, 0.15) is 20.7 Å². The second-order valence-electron chi connectivity index (χ2n) is 5.41. The lowest BCUT2D eigenvalue weighted by molar-refractivity contribution is -0.135. The Morgan fingerprint density at radius 3 is 2.23 bits per heavy atom. The topological polar surface area (TPSA) is 140 Å². The Morgan fingerprint density at radius 2 is 1.65 bits per heavy atom. The van der Waals surface area contributed by atoms with Gasteiger partial charge in [-0.15, -0.1) is 0 Å². The molecule has 2 aromatic rings. The summed E-state index contributed by atoms with van der Waals surface area (Å²) in [4.78, 5) is 58.1. The van der Waals surface area contributed by atoms with E-state index in [9.17, 15) is 24.0 Å². The summed E-state index contributed by atoms with van der Waals surface area (Å²) in [5.74, 6) is -2.44. The summed E-state index contributed by atoms with van der Waals surface area (Å²) in [5.41, 5.74) is -0.959. The van der Waals surface area contributed by atoms with Crippen molar-refractivity contribution >= 4 is 23.5 Å². The van der Waals surface area contributed by atoms with Gasteiger partial charge in [-0.3, -0.25) is 23.7 Å². The van der Waals surface area contributed by atoms with Crippen molar-refractivity contribution in [3.63, 3.8) is 0 Å². The van der Waals surface area contributed by atoms with Gasteiger partial charge in [0.2, 0.25) is 0 Å². The van der Waals surface area contributed by atoms with Crippen LogP contribution in [0.15, 0.2) is 40.1 Å². The molecule has 1 aromatic heterocycles. The molecule has 1 heterocycles. The summed E-state index contributed by atoms with van der Waals surface area (Å²) in [6.45, 7) is -0.507. The molecule has 136 valence electrons. The molecule has 2 rings (SSSR count). The van der Waals surface area contributed by atoms with Crippen LogP contribution in [-0.2, 0) is 18.9 Å². The van der Waals surface area contributed by atoms with E-state index in [1.807, 2.05) is 0 Å². The first-order valence-electron chi connectivity index (χ1n) is 7.38. The Balaban J connectivity index is 2.16. The van der Waals surface area contributed by atoms with Crippen molar-refractivity contribution in [3.8, 4) is 0 Å². The molecule has 0 aliphatic carbocycles. The van der Waals surface area contributed by atoms with Crippen LogP contribution in [0.5, 0.6) is 0 Å². The van der Waals surface area contributed by atoms with Crippen molar-refractivity contribution in [2.75, 3.05) is 11.9 Å². The van der Waals surface area contributed by atoms with Gasteiger partial charge in [0.15, 0.2) is 0 Å². The maximum atomic E-state index is 12.3. The van der Waals surface area contributed by atoms with Crippen LogP contribution in [0, 0.1) is 0 Å². The normalized spacial score (nSPS) is 10.2.